The van der Waals surface area contributed by atoms with Gasteiger partial charge in [0.05, 0.1) is 22.1 Å². The Hall–Kier alpha value is -0.910. The van der Waals surface area contributed by atoms with Gasteiger partial charge < -0.3 is 9.47 Å². The van der Waals surface area contributed by atoms with E-state index in [1.807, 2.05) is 0 Å². The lowest BCUT2D eigenvalue weighted by atomic mass is 10.0. The van der Waals surface area contributed by atoms with Gasteiger partial charge in [-0.1, -0.05) is 23.8 Å². The van der Waals surface area contributed by atoms with E-state index in [0.29, 0.717) is 12.2 Å². The number of methoxy groups -OCH3 is 1. The van der Waals surface area contributed by atoms with E-state index in [-0.39, 0.29) is 11.1 Å². The number of hydrogen-bond acceptors (Lipinski definition) is 2. The largest absolute Gasteiger partial charge is 0.483 e. The van der Waals surface area contributed by atoms with Crippen molar-refractivity contribution in [3.63, 3.8) is 0 Å². The molecular formula is C14H13Cl2F3O2. The molecule has 2 aliphatic rings. The molecule has 0 bridgehead atoms. The molecule has 2 rings (SSSR count). The molecule has 0 aromatic heterocycles. The monoisotopic (exact) mass is 340 g/mol. The van der Waals surface area contributed by atoms with E-state index in [2.05, 4.69) is 0 Å². The van der Waals surface area contributed by atoms with E-state index >= 15 is 0 Å². The van der Waals surface area contributed by atoms with Crippen LogP contribution in [0.25, 0.3) is 0 Å². The van der Waals surface area contributed by atoms with Gasteiger partial charge in [-0.05, 0) is 24.6 Å². The zero-order valence-electron chi connectivity index (χ0n) is 11.0. The molecule has 0 saturated heterocycles. The molecule has 3 unspecified atom stereocenters. The first-order valence-electron chi connectivity index (χ1n) is 6.19. The first-order valence-corrected chi connectivity index (χ1v) is 7.00. The lowest BCUT2D eigenvalue weighted by Gasteiger charge is -2.27. The Morgan fingerprint density at radius 3 is 2.52 bits per heavy atom. The van der Waals surface area contributed by atoms with Crippen LogP contribution in [0.15, 0.2) is 46.7 Å². The van der Waals surface area contributed by atoms with Crippen LogP contribution in [0, 0.1) is 0 Å². The zero-order valence-corrected chi connectivity index (χ0v) is 12.5. The molecule has 0 N–H and O–H groups in total. The fraction of sp³-hybridized carbons (Fsp3) is 0.429. The number of rotatable bonds is 3. The molecule has 0 aromatic carbocycles. The van der Waals surface area contributed by atoms with E-state index in [0.717, 1.165) is 12.2 Å². The highest BCUT2D eigenvalue weighted by Crippen LogP contribution is 2.36. The third-order valence-electron chi connectivity index (χ3n) is 3.11. The Balaban J connectivity index is 2.07. The van der Waals surface area contributed by atoms with Gasteiger partial charge in [0.15, 0.2) is 6.10 Å². The highest BCUT2D eigenvalue weighted by atomic mass is 35.5. The maximum Gasteiger partial charge on any atom is 0.416 e. The van der Waals surface area contributed by atoms with Gasteiger partial charge in [-0.25, -0.2) is 0 Å². The maximum atomic E-state index is 12.6. The van der Waals surface area contributed by atoms with E-state index in [1.54, 1.807) is 25.3 Å². The summed E-state index contributed by atoms with van der Waals surface area (Å²) in [4.78, 5) is 0. The van der Waals surface area contributed by atoms with Crippen LogP contribution in [0.3, 0.4) is 0 Å². The smallest absolute Gasteiger partial charge is 0.416 e. The van der Waals surface area contributed by atoms with E-state index < -0.39 is 23.2 Å². The third-order valence-corrected chi connectivity index (χ3v) is 3.79. The summed E-state index contributed by atoms with van der Waals surface area (Å²) in [6.45, 7) is 0. The van der Waals surface area contributed by atoms with E-state index in [1.165, 1.54) is 0 Å². The Morgan fingerprint density at radius 1 is 1.33 bits per heavy atom. The molecule has 0 fully saturated rings. The van der Waals surface area contributed by atoms with Crippen molar-refractivity contribution in [2.45, 2.75) is 30.2 Å². The molecule has 0 aromatic rings. The summed E-state index contributed by atoms with van der Waals surface area (Å²) in [7, 11) is 1.59. The highest BCUT2D eigenvalue weighted by Gasteiger charge is 2.38. The van der Waals surface area contributed by atoms with E-state index in [9.17, 15) is 13.2 Å². The third kappa shape index (κ3) is 4.05. The molecule has 2 nitrogen and oxygen atoms in total. The van der Waals surface area contributed by atoms with Gasteiger partial charge in [-0.2, -0.15) is 13.2 Å². The summed E-state index contributed by atoms with van der Waals surface area (Å²) in [5.41, 5.74) is -0.861. The minimum atomic E-state index is -4.48. The summed E-state index contributed by atoms with van der Waals surface area (Å²) in [6.07, 6.45) is 2.29. The Labute approximate surface area is 130 Å². The molecule has 0 heterocycles. The SMILES string of the molecule is COC1C=CC(OC2C(Cl)=CC(C(F)(F)F)=CC2Cl)=CC1. The van der Waals surface area contributed by atoms with Gasteiger partial charge in [0.25, 0.3) is 0 Å². The lowest BCUT2D eigenvalue weighted by Crippen LogP contribution is -2.29. The fourth-order valence-corrected chi connectivity index (χ4v) is 2.66. The van der Waals surface area contributed by atoms with Crippen molar-refractivity contribution in [3.8, 4) is 0 Å². The average molecular weight is 341 g/mol. The predicted molar refractivity (Wildman–Crippen MR) is 75.2 cm³/mol. The Morgan fingerprint density at radius 2 is 2.05 bits per heavy atom. The normalized spacial score (nSPS) is 29.6. The van der Waals surface area contributed by atoms with Gasteiger partial charge in [0.1, 0.15) is 5.76 Å². The second kappa shape index (κ2) is 6.46. The second-order valence-corrected chi connectivity index (χ2v) is 5.55. The van der Waals surface area contributed by atoms with Crippen molar-refractivity contribution in [1.82, 2.24) is 0 Å². The van der Waals surface area contributed by atoms with Crippen LogP contribution in [0.4, 0.5) is 13.2 Å². The molecule has 0 radical (unpaired) electrons. The van der Waals surface area contributed by atoms with Gasteiger partial charge in [0.2, 0.25) is 0 Å². The van der Waals surface area contributed by atoms with Crippen LogP contribution in [0.2, 0.25) is 0 Å². The van der Waals surface area contributed by atoms with Crippen LogP contribution in [0.5, 0.6) is 0 Å². The predicted octanol–water partition coefficient (Wildman–Crippen LogP) is 4.46. The molecular weight excluding hydrogens is 328 g/mol. The molecule has 7 heteroatoms. The second-order valence-electron chi connectivity index (χ2n) is 4.61. The van der Waals surface area contributed by atoms with Crippen molar-refractivity contribution in [3.05, 3.63) is 46.7 Å². The van der Waals surface area contributed by atoms with Crippen molar-refractivity contribution in [2.75, 3.05) is 7.11 Å². The van der Waals surface area contributed by atoms with Crippen molar-refractivity contribution < 1.29 is 22.6 Å². The topological polar surface area (TPSA) is 18.5 Å². The van der Waals surface area contributed by atoms with Crippen LogP contribution in [-0.4, -0.2) is 30.9 Å². The fourth-order valence-electron chi connectivity index (χ4n) is 1.98. The van der Waals surface area contributed by atoms with Gasteiger partial charge in [-0.15, -0.1) is 11.6 Å². The summed E-state index contributed by atoms with van der Waals surface area (Å²) in [5.74, 6) is 0.509. The van der Waals surface area contributed by atoms with Crippen molar-refractivity contribution >= 4 is 23.2 Å². The summed E-state index contributed by atoms with van der Waals surface area (Å²) in [5, 5.41) is -1.07. The molecule has 0 spiro atoms. The molecule has 0 saturated carbocycles. The van der Waals surface area contributed by atoms with Crippen molar-refractivity contribution in [2.24, 2.45) is 0 Å². The number of ether oxygens (including phenoxy) is 2. The minimum absolute atomic E-state index is 0.0294. The first kappa shape index (κ1) is 16.5. The maximum absolute atomic E-state index is 12.6. The van der Waals surface area contributed by atoms with Crippen LogP contribution in [-0.2, 0) is 9.47 Å². The standard InChI is InChI=1S/C14H13Cl2F3O2/c1-20-9-2-4-10(5-3-9)21-13-11(15)6-8(7-12(13)16)14(17,18)19/h2,4-7,9,11,13H,3H2,1H3. The Bertz CT molecular complexity index is 521. The number of halogens is 5. The zero-order chi connectivity index (χ0) is 15.6. The first-order chi connectivity index (χ1) is 9.81. The van der Waals surface area contributed by atoms with Crippen molar-refractivity contribution in [1.29, 1.82) is 0 Å². The van der Waals surface area contributed by atoms with Gasteiger partial charge in [-0.3, -0.25) is 0 Å². The molecule has 0 amide bonds. The van der Waals surface area contributed by atoms with Crippen LogP contribution >= 0.6 is 23.2 Å². The Kier molecular flexibility index (Phi) is 5.07. The molecule has 3 atom stereocenters. The molecule has 116 valence electrons. The van der Waals surface area contributed by atoms with Crippen LogP contribution in [0.1, 0.15) is 6.42 Å². The summed E-state index contributed by atoms with van der Waals surface area (Å²) >= 11 is 11.8. The van der Waals surface area contributed by atoms with E-state index in [4.69, 9.17) is 32.7 Å². The quantitative estimate of drug-likeness (QED) is 0.706. The van der Waals surface area contributed by atoms with Gasteiger partial charge >= 0.3 is 6.18 Å². The average Bonchev–Trinajstić information content (AvgIpc) is 2.42. The number of alkyl halides is 4. The number of allylic oxidation sites excluding steroid dienone is 3. The molecule has 2 aliphatic carbocycles. The summed E-state index contributed by atoms with van der Waals surface area (Å²) < 4.78 is 48.7. The minimum Gasteiger partial charge on any atom is -0.483 e. The summed E-state index contributed by atoms with van der Waals surface area (Å²) in [6, 6.07) is 0. The van der Waals surface area contributed by atoms with Crippen LogP contribution < -0.4 is 0 Å². The highest BCUT2D eigenvalue weighted by molar-refractivity contribution is 6.32. The number of hydrogen-bond donors (Lipinski definition) is 0. The molecule has 0 aliphatic heterocycles. The van der Waals surface area contributed by atoms with Gasteiger partial charge in [0, 0.05) is 7.11 Å². The molecule has 21 heavy (non-hydrogen) atoms. The lowest BCUT2D eigenvalue weighted by molar-refractivity contribution is -0.0889.